The van der Waals surface area contributed by atoms with Gasteiger partial charge in [0.05, 0.1) is 17.6 Å². The first-order chi connectivity index (χ1) is 11.7. The summed E-state index contributed by atoms with van der Waals surface area (Å²) in [6, 6.07) is 3.14. The van der Waals surface area contributed by atoms with Crippen LogP contribution in [0.25, 0.3) is 16.9 Å². The summed E-state index contributed by atoms with van der Waals surface area (Å²) in [5.74, 6) is -3.54. The number of primary sulfonamides is 1. The predicted molar refractivity (Wildman–Crippen MR) is 83.6 cm³/mol. The second kappa shape index (κ2) is 5.90. The number of aromatic nitrogens is 2. The number of aryl methyl sites for hydroxylation is 1. The predicted octanol–water partition coefficient (Wildman–Crippen LogP) is 1.73. The lowest BCUT2D eigenvalue weighted by Crippen LogP contribution is -2.17. The average Bonchev–Trinajstić information content (AvgIpc) is 2.86. The van der Waals surface area contributed by atoms with Crippen molar-refractivity contribution >= 4 is 10.0 Å². The van der Waals surface area contributed by atoms with Gasteiger partial charge in [0.2, 0.25) is 10.0 Å². The molecule has 10 heteroatoms. The molecule has 0 saturated heterocycles. The van der Waals surface area contributed by atoms with Gasteiger partial charge < -0.3 is 4.42 Å². The number of rotatable bonds is 3. The lowest BCUT2D eigenvalue weighted by Gasteiger charge is -2.09. The Kier molecular flexibility index (Phi) is 4.01. The van der Waals surface area contributed by atoms with Crippen LogP contribution in [-0.4, -0.2) is 18.0 Å². The lowest BCUT2D eigenvalue weighted by atomic mass is 10.1. The topological polar surface area (TPSA) is 108 Å². The van der Waals surface area contributed by atoms with Gasteiger partial charge in [0.15, 0.2) is 4.90 Å². The molecule has 7 nitrogen and oxygen atoms in total. The number of nitrogens with two attached hydrogens (primary N) is 1. The number of hydrogen-bond acceptors (Lipinski definition) is 5. The van der Waals surface area contributed by atoms with Crippen LogP contribution >= 0.6 is 0 Å². The molecule has 130 valence electrons. The van der Waals surface area contributed by atoms with E-state index >= 15 is 0 Å². The minimum Gasteiger partial charge on any atom is -0.415 e. The summed E-state index contributed by atoms with van der Waals surface area (Å²) in [4.78, 5) is 14.7. The number of pyridine rings is 1. The van der Waals surface area contributed by atoms with Crippen LogP contribution < -0.4 is 10.9 Å². The van der Waals surface area contributed by atoms with Crippen molar-refractivity contribution in [2.45, 2.75) is 11.8 Å². The average molecular weight is 367 g/mol. The maximum atomic E-state index is 14.1. The molecule has 0 bridgehead atoms. The molecule has 0 atom stereocenters. The molecule has 3 aromatic rings. The summed E-state index contributed by atoms with van der Waals surface area (Å²) in [5.41, 5.74) is 0.995. The van der Waals surface area contributed by atoms with Gasteiger partial charge in [-0.25, -0.2) is 31.7 Å². The normalized spacial score (nSPS) is 11.7. The summed E-state index contributed by atoms with van der Waals surface area (Å²) in [6.45, 7) is 1.75. The standard InChI is InChI=1S/C15H11F2N3O4S/c1-8-2-10(6-19-5-8)20-13(7-24-15(20)21)9-3-11(16)14(12(17)4-9)25(18,22)23/h2-7H,1H3,(H2,18,22,23). The molecule has 0 spiro atoms. The van der Waals surface area contributed by atoms with Crippen molar-refractivity contribution in [3.63, 3.8) is 0 Å². The maximum absolute atomic E-state index is 14.1. The van der Waals surface area contributed by atoms with E-state index in [9.17, 15) is 22.0 Å². The highest BCUT2D eigenvalue weighted by Gasteiger charge is 2.23. The van der Waals surface area contributed by atoms with Crippen LogP contribution in [0.1, 0.15) is 5.56 Å². The monoisotopic (exact) mass is 367 g/mol. The zero-order valence-electron chi connectivity index (χ0n) is 12.7. The van der Waals surface area contributed by atoms with Gasteiger partial charge in [0, 0.05) is 11.8 Å². The van der Waals surface area contributed by atoms with Crippen molar-refractivity contribution in [1.29, 1.82) is 0 Å². The van der Waals surface area contributed by atoms with Crippen LogP contribution in [0, 0.1) is 18.6 Å². The number of benzene rings is 1. The Bertz CT molecular complexity index is 1110. The van der Waals surface area contributed by atoms with Crippen molar-refractivity contribution < 1.29 is 21.6 Å². The second-order valence-corrected chi connectivity index (χ2v) is 6.76. The Morgan fingerprint density at radius 2 is 1.80 bits per heavy atom. The number of nitrogens with zero attached hydrogens (tertiary/aromatic N) is 2. The molecule has 2 N–H and O–H groups in total. The quantitative estimate of drug-likeness (QED) is 0.758. The van der Waals surface area contributed by atoms with E-state index in [0.29, 0.717) is 5.69 Å². The molecule has 1 aromatic carbocycles. The third-order valence-corrected chi connectivity index (χ3v) is 4.35. The zero-order valence-corrected chi connectivity index (χ0v) is 13.5. The molecule has 0 aliphatic carbocycles. The van der Waals surface area contributed by atoms with Gasteiger partial charge in [-0.3, -0.25) is 4.98 Å². The molecule has 0 aliphatic rings. The molecule has 0 unspecified atom stereocenters. The van der Waals surface area contributed by atoms with Crippen LogP contribution in [0.5, 0.6) is 0 Å². The fourth-order valence-electron chi connectivity index (χ4n) is 2.39. The smallest absolute Gasteiger partial charge is 0.415 e. The SMILES string of the molecule is Cc1cncc(-n2c(-c3cc(F)c(S(N)(=O)=O)c(F)c3)coc2=O)c1. The molecule has 0 radical (unpaired) electrons. The van der Waals surface area contributed by atoms with E-state index < -0.39 is 32.3 Å². The molecule has 2 heterocycles. The van der Waals surface area contributed by atoms with Crippen molar-refractivity contribution in [1.82, 2.24) is 9.55 Å². The molecule has 0 saturated carbocycles. The van der Waals surface area contributed by atoms with Gasteiger partial charge in [0.1, 0.15) is 17.9 Å². The van der Waals surface area contributed by atoms with Crippen LogP contribution in [0.15, 0.2) is 51.0 Å². The van der Waals surface area contributed by atoms with Crippen molar-refractivity contribution in [3.05, 3.63) is 64.6 Å². The van der Waals surface area contributed by atoms with E-state index in [1.54, 1.807) is 19.2 Å². The fourth-order valence-corrected chi connectivity index (χ4v) is 3.05. The maximum Gasteiger partial charge on any atom is 0.424 e. The van der Waals surface area contributed by atoms with E-state index in [1.165, 1.54) is 6.20 Å². The van der Waals surface area contributed by atoms with Gasteiger partial charge >= 0.3 is 5.76 Å². The van der Waals surface area contributed by atoms with E-state index in [4.69, 9.17) is 9.56 Å². The highest BCUT2D eigenvalue weighted by atomic mass is 32.2. The Morgan fingerprint density at radius 3 is 2.36 bits per heavy atom. The number of halogens is 2. The van der Waals surface area contributed by atoms with Crippen molar-refractivity contribution in [2.75, 3.05) is 0 Å². The first kappa shape index (κ1) is 17.0. The van der Waals surface area contributed by atoms with E-state index in [2.05, 4.69) is 4.98 Å². The third kappa shape index (κ3) is 3.08. The largest absolute Gasteiger partial charge is 0.424 e. The Hall–Kier alpha value is -2.85. The first-order valence-corrected chi connectivity index (χ1v) is 8.38. The zero-order chi connectivity index (χ0) is 18.4. The molecule has 0 fully saturated rings. The van der Waals surface area contributed by atoms with Gasteiger partial charge in [-0.05, 0) is 30.7 Å². The summed E-state index contributed by atoms with van der Waals surface area (Å²) in [6.07, 6.45) is 3.95. The van der Waals surface area contributed by atoms with Gasteiger partial charge in [-0.2, -0.15) is 0 Å². The number of sulfonamides is 1. The molecule has 0 aliphatic heterocycles. The van der Waals surface area contributed by atoms with Gasteiger partial charge in [-0.1, -0.05) is 0 Å². The molecular formula is C15H11F2N3O4S. The molecule has 3 rings (SSSR count). The molecule has 2 aromatic heterocycles. The number of oxazole rings is 1. The van der Waals surface area contributed by atoms with Gasteiger partial charge in [-0.15, -0.1) is 0 Å². The van der Waals surface area contributed by atoms with Gasteiger partial charge in [0.25, 0.3) is 0 Å². The highest BCUT2D eigenvalue weighted by molar-refractivity contribution is 7.89. The molecular weight excluding hydrogens is 356 g/mol. The third-order valence-electron chi connectivity index (χ3n) is 3.39. The van der Waals surface area contributed by atoms with E-state index in [-0.39, 0.29) is 11.3 Å². The van der Waals surface area contributed by atoms with Crippen LogP contribution in [0.2, 0.25) is 0 Å². The Balaban J connectivity index is 2.25. The summed E-state index contributed by atoms with van der Waals surface area (Å²) < 4.78 is 56.5. The summed E-state index contributed by atoms with van der Waals surface area (Å²) in [5, 5.41) is 4.80. The van der Waals surface area contributed by atoms with Crippen LogP contribution in [-0.2, 0) is 10.0 Å². The van der Waals surface area contributed by atoms with E-state index in [1.807, 2.05) is 0 Å². The van der Waals surface area contributed by atoms with E-state index in [0.717, 1.165) is 28.5 Å². The summed E-state index contributed by atoms with van der Waals surface area (Å²) >= 11 is 0. The van der Waals surface area contributed by atoms with Crippen LogP contribution in [0.3, 0.4) is 0 Å². The number of hydrogen-bond donors (Lipinski definition) is 1. The van der Waals surface area contributed by atoms with Crippen molar-refractivity contribution in [2.24, 2.45) is 5.14 Å². The Morgan fingerprint density at radius 1 is 1.16 bits per heavy atom. The molecule has 0 amide bonds. The molecule has 25 heavy (non-hydrogen) atoms. The highest BCUT2D eigenvalue weighted by Crippen LogP contribution is 2.27. The fraction of sp³-hybridized carbons (Fsp3) is 0.0667. The lowest BCUT2D eigenvalue weighted by molar-refractivity contribution is 0.504. The van der Waals surface area contributed by atoms with Crippen molar-refractivity contribution in [3.8, 4) is 16.9 Å². The Labute approximate surface area is 140 Å². The summed E-state index contributed by atoms with van der Waals surface area (Å²) in [7, 11) is -4.58. The minimum absolute atomic E-state index is 0.0242. The second-order valence-electron chi connectivity index (χ2n) is 5.26. The first-order valence-electron chi connectivity index (χ1n) is 6.83. The van der Waals surface area contributed by atoms with Crippen LogP contribution in [0.4, 0.5) is 8.78 Å². The minimum atomic E-state index is -4.58.